The van der Waals surface area contributed by atoms with Gasteiger partial charge in [0, 0.05) is 75.3 Å². The molecule has 0 aliphatic heterocycles. The number of phosphoric acid groups is 1. The van der Waals surface area contributed by atoms with Gasteiger partial charge in [0.2, 0.25) is 0 Å². The van der Waals surface area contributed by atoms with Crippen molar-refractivity contribution in [3.8, 4) is 11.5 Å². The minimum atomic E-state index is -5.26. The van der Waals surface area contributed by atoms with Crippen molar-refractivity contribution in [2.45, 2.75) is 79.6 Å². The molecule has 0 spiro atoms. The van der Waals surface area contributed by atoms with E-state index < -0.39 is 19.6 Å². The van der Waals surface area contributed by atoms with Crippen LogP contribution in [0.15, 0.2) is 114 Å². The molecule has 12 nitrogen and oxygen atoms in total. The van der Waals surface area contributed by atoms with Crippen molar-refractivity contribution in [3.63, 3.8) is 0 Å². The van der Waals surface area contributed by atoms with Gasteiger partial charge in [0.05, 0.1) is 0 Å². The van der Waals surface area contributed by atoms with Crippen LogP contribution in [-0.2, 0) is 11.2 Å². The zero-order chi connectivity index (χ0) is 46.4. The van der Waals surface area contributed by atoms with E-state index >= 15 is 0 Å². The summed E-state index contributed by atoms with van der Waals surface area (Å²) < 4.78 is 26.3. The van der Waals surface area contributed by atoms with E-state index in [0.717, 1.165) is 59.3 Å². The summed E-state index contributed by atoms with van der Waals surface area (Å²) in [6, 6.07) is 37.7. The third-order valence-corrected chi connectivity index (χ3v) is 17.5. The van der Waals surface area contributed by atoms with Crippen LogP contribution >= 0.6 is 7.82 Å². The number of nitrogens with one attached hydrogen (secondary N) is 2. The Morgan fingerprint density at radius 2 is 1.00 bits per heavy atom. The molecule has 9 atom stereocenters. The molecule has 8 aliphatic rings. The van der Waals surface area contributed by atoms with Crippen molar-refractivity contribution in [2.75, 3.05) is 5.32 Å². The van der Waals surface area contributed by atoms with Crippen molar-refractivity contribution in [2.24, 2.45) is 16.5 Å². The molecular weight excluding hydrogens is 909 g/mol. The largest absolute Gasteiger partial charge is 1.00 e. The van der Waals surface area contributed by atoms with Crippen molar-refractivity contribution < 1.29 is 62.8 Å². The van der Waals surface area contributed by atoms with E-state index in [2.05, 4.69) is 88.1 Å². The van der Waals surface area contributed by atoms with Gasteiger partial charge >= 0.3 is 37.4 Å². The monoisotopic (exact) mass is 951 g/mol. The fourth-order valence-corrected chi connectivity index (χ4v) is 15.1. The number of aromatic nitrogens is 1. The zero-order valence-electron chi connectivity index (χ0n) is 38.0. The Bertz CT molecular complexity index is 3460. The summed E-state index contributed by atoms with van der Waals surface area (Å²) in [5.41, 5.74) is 32.1. The molecule has 1 heterocycles. The van der Waals surface area contributed by atoms with Gasteiger partial charge in [-0.1, -0.05) is 84.9 Å². The summed E-state index contributed by atoms with van der Waals surface area (Å²) >= 11 is 0. The topological polar surface area (TPSA) is 205 Å². The number of nitrogens with two attached hydrogens (primary N) is 2. The first-order valence-corrected chi connectivity index (χ1v) is 25.3. The fraction of sp³-hybridized carbons (Fsp3) is 0.232. The number of carbonyl (C=O) groups excluding carboxylic acids is 2. The Kier molecular flexibility index (Phi) is 9.07. The molecule has 6 aromatic carbocycles. The second kappa shape index (κ2) is 14.9. The summed E-state index contributed by atoms with van der Waals surface area (Å²) in [4.78, 5) is 55.5. The molecule has 340 valence electrons. The predicted octanol–water partition coefficient (Wildman–Crippen LogP) is 6.03. The average molecular weight is 952 g/mol. The van der Waals surface area contributed by atoms with E-state index in [1.807, 2.05) is 12.1 Å². The van der Waals surface area contributed by atoms with Gasteiger partial charge in [-0.25, -0.2) is 0 Å². The molecule has 7 N–H and O–H groups in total. The number of hydrogen-bond donors (Lipinski definition) is 5. The first-order valence-electron chi connectivity index (χ1n) is 23.8. The quantitative estimate of drug-likeness (QED) is 0.0522. The molecule has 0 radical (unpaired) electrons. The molecular formula is C56H43N5NaO7P. The second-order valence-corrected chi connectivity index (χ2v) is 21.4. The summed E-state index contributed by atoms with van der Waals surface area (Å²) in [7, 11) is -5.26. The van der Waals surface area contributed by atoms with Gasteiger partial charge < -0.3 is 40.8 Å². The van der Waals surface area contributed by atoms with E-state index in [-0.39, 0.29) is 77.2 Å². The Labute approximate surface area is 424 Å². The van der Waals surface area contributed by atoms with E-state index in [1.165, 1.54) is 78.9 Å². The summed E-state index contributed by atoms with van der Waals surface area (Å²) in [5, 5.41) is 2.88. The number of aromatic amines is 1. The first-order chi connectivity index (χ1) is 33.5. The van der Waals surface area contributed by atoms with Gasteiger partial charge in [-0.3, -0.25) is 14.2 Å². The standard InChI is InChI=1S/C56H44N5O7P.Na/c57-56(58)61-55(63)47-14-13-46(60-47)54(62)59-25-11-9-24(10-12-25)23-67-52-48-42-21-44(40-19-36-32-15-30(34(36)17-38(40)42)26-5-1-3-7-28(26)32)50(48)53(68-69(64,65)66)51-45-22-43(49(51)52)39-18-35-31-16-33(37(35)20-41(39)45)29-8-4-2-6-27(29)31;/h1-14,17-20,30-33,42-45,60H,15-16,21-23H2,(H,59,62)(H2,64,65,66)(H4,57,58,61,63);/q;+1/p-1/t30-,31+,32+,33-,42-,43+,44+,45-;. The van der Waals surface area contributed by atoms with Crippen molar-refractivity contribution in [1.82, 2.24) is 4.98 Å². The van der Waals surface area contributed by atoms with Gasteiger partial charge in [-0.05, 0) is 122 Å². The van der Waals surface area contributed by atoms with Crippen molar-refractivity contribution in [1.29, 1.82) is 0 Å². The number of anilines is 1. The molecule has 0 fully saturated rings. The number of phosphoric ester groups is 1. The molecule has 7 aromatic rings. The Balaban J connectivity index is 0.00000459. The van der Waals surface area contributed by atoms with Crippen LogP contribution in [-0.4, -0.2) is 27.7 Å². The number of aliphatic imine (C=N–C) groups is 1. The van der Waals surface area contributed by atoms with Gasteiger partial charge in [-0.2, -0.15) is 4.99 Å². The predicted molar refractivity (Wildman–Crippen MR) is 256 cm³/mol. The number of rotatable bonds is 8. The molecule has 14 heteroatoms. The summed E-state index contributed by atoms with van der Waals surface area (Å²) in [6.07, 6.45) is 3.65. The first kappa shape index (κ1) is 42.6. The van der Waals surface area contributed by atoms with E-state index in [4.69, 9.17) is 20.7 Å². The number of carbonyl (C=O) groups is 2. The van der Waals surface area contributed by atoms with Crippen LogP contribution in [0.25, 0.3) is 0 Å². The van der Waals surface area contributed by atoms with Gasteiger partial charge in [-0.15, -0.1) is 0 Å². The summed E-state index contributed by atoms with van der Waals surface area (Å²) in [6.45, 7) is 0.212. The molecule has 15 rings (SSSR count). The minimum absolute atomic E-state index is 0. The maximum atomic E-state index is 13.2. The van der Waals surface area contributed by atoms with Gasteiger partial charge in [0.15, 0.2) is 5.96 Å². The third-order valence-electron chi connectivity index (χ3n) is 17.1. The number of nitrogens with zero attached hydrogens (tertiary/aromatic N) is 1. The molecule has 8 bridgehead atoms. The smallest absolute Gasteiger partial charge is 0.746 e. The maximum Gasteiger partial charge on any atom is 1.00 e. The van der Waals surface area contributed by atoms with Crippen LogP contribution in [0.4, 0.5) is 5.69 Å². The number of guanidine groups is 1. The van der Waals surface area contributed by atoms with Crippen molar-refractivity contribution >= 4 is 31.3 Å². The van der Waals surface area contributed by atoms with Crippen LogP contribution in [0.3, 0.4) is 0 Å². The molecule has 1 unspecified atom stereocenters. The van der Waals surface area contributed by atoms with Gasteiger partial charge in [0.25, 0.3) is 11.8 Å². The number of amides is 2. The van der Waals surface area contributed by atoms with E-state index in [0.29, 0.717) is 35.1 Å². The van der Waals surface area contributed by atoms with E-state index in [1.54, 1.807) is 12.1 Å². The molecule has 0 saturated carbocycles. The molecule has 70 heavy (non-hydrogen) atoms. The third kappa shape index (κ3) is 5.89. The van der Waals surface area contributed by atoms with E-state index in [9.17, 15) is 23.9 Å². The number of fused-ring (bicyclic) bond motifs is 32. The number of hydrogen-bond acceptors (Lipinski definition) is 6. The van der Waals surface area contributed by atoms with Crippen LogP contribution in [0.1, 0.15) is 189 Å². The summed E-state index contributed by atoms with van der Waals surface area (Å²) in [5.74, 6) is 0.562. The van der Waals surface area contributed by atoms with Crippen LogP contribution in [0.5, 0.6) is 11.5 Å². The fourth-order valence-electron chi connectivity index (χ4n) is 14.7. The normalized spacial score (nSPS) is 24.5. The van der Waals surface area contributed by atoms with Gasteiger partial charge in [0.1, 0.15) is 29.5 Å². The average Bonchev–Trinajstić information content (AvgIpc) is 4.22. The second-order valence-electron chi connectivity index (χ2n) is 20.3. The maximum absolute atomic E-state index is 13.2. The number of benzene rings is 6. The zero-order valence-corrected chi connectivity index (χ0v) is 40.9. The Hall–Kier alpha value is -6.24. The Morgan fingerprint density at radius 3 is 1.43 bits per heavy atom. The molecule has 1 aromatic heterocycles. The Morgan fingerprint density at radius 1 is 0.600 bits per heavy atom. The number of ether oxygens (including phenoxy) is 1. The number of H-pyrrole nitrogens is 1. The van der Waals surface area contributed by atoms with Crippen molar-refractivity contribution in [3.05, 3.63) is 215 Å². The molecule has 2 amide bonds. The minimum Gasteiger partial charge on any atom is -0.746 e. The SMILES string of the molecule is NC(N)=NC(=O)c1ccc(C(=O)Nc2ccc(COc3c4c(c(OP(=O)([O-])O)c5c3[C@H]3C[C@@H]5c5cc6c(cc53)[C@H]3C[C@@H]6c5ccccc53)[C@H]3C[C@@H]4c4cc5c(cc43)[C@H]3C[C@@H]5c4ccccc43)cc2)[nH]1.[Na+]. The molecule has 0 saturated heterocycles. The molecule has 8 aliphatic carbocycles. The van der Waals surface area contributed by atoms with Crippen LogP contribution in [0, 0.1) is 0 Å². The van der Waals surface area contributed by atoms with Crippen LogP contribution < -0.4 is 60.5 Å². The van der Waals surface area contributed by atoms with Crippen LogP contribution in [0.2, 0.25) is 0 Å².